The van der Waals surface area contributed by atoms with Crippen LogP contribution in [0.15, 0.2) is 34.8 Å². The summed E-state index contributed by atoms with van der Waals surface area (Å²) in [6, 6.07) is 9.12. The van der Waals surface area contributed by atoms with E-state index in [9.17, 15) is 9.50 Å². The fourth-order valence-electron chi connectivity index (χ4n) is 2.24. The smallest absolute Gasteiger partial charge is 0.129 e. The molecule has 1 atom stereocenters. The molecule has 0 saturated heterocycles. The lowest BCUT2D eigenvalue weighted by Gasteiger charge is -2.17. The summed E-state index contributed by atoms with van der Waals surface area (Å²) in [5.74, 6) is -0.207. The predicted octanol–water partition coefficient (Wildman–Crippen LogP) is 4.60. The monoisotopic (exact) mass is 322 g/mol. The third-order valence-corrected chi connectivity index (χ3v) is 4.24. The van der Waals surface area contributed by atoms with Gasteiger partial charge in [-0.2, -0.15) is 0 Å². The van der Waals surface area contributed by atoms with Crippen molar-refractivity contribution in [1.29, 1.82) is 0 Å². The highest BCUT2D eigenvalue weighted by atomic mass is 79.9. The van der Waals surface area contributed by atoms with Crippen molar-refractivity contribution in [3.63, 3.8) is 0 Å². The Balaban J connectivity index is 2.50. The highest BCUT2D eigenvalue weighted by molar-refractivity contribution is 9.10. The maximum Gasteiger partial charge on any atom is 0.129 e. The molecule has 0 aliphatic heterocycles. The quantitative estimate of drug-likeness (QED) is 0.857. The summed E-state index contributed by atoms with van der Waals surface area (Å²) in [6.07, 6.45) is -0.740. The van der Waals surface area contributed by atoms with E-state index in [1.54, 1.807) is 26.0 Å². The third-order valence-electron chi connectivity index (χ3n) is 3.38. The maximum atomic E-state index is 13.6. The van der Waals surface area contributed by atoms with Crippen molar-refractivity contribution in [1.82, 2.24) is 0 Å². The lowest BCUT2D eigenvalue weighted by molar-refractivity contribution is 0.219. The first-order valence-electron chi connectivity index (χ1n) is 6.11. The molecule has 2 rings (SSSR count). The third kappa shape index (κ3) is 2.72. The number of aliphatic hydroxyl groups excluding tert-OH is 1. The molecule has 0 spiro atoms. The molecule has 1 nitrogen and oxygen atoms in total. The molecule has 0 aromatic heterocycles. The van der Waals surface area contributed by atoms with Gasteiger partial charge in [-0.15, -0.1) is 0 Å². The van der Waals surface area contributed by atoms with Crippen LogP contribution in [-0.4, -0.2) is 5.11 Å². The molecule has 0 aliphatic carbocycles. The van der Waals surface area contributed by atoms with E-state index >= 15 is 0 Å². The maximum absolute atomic E-state index is 13.6. The van der Waals surface area contributed by atoms with Crippen LogP contribution in [0.25, 0.3) is 0 Å². The number of rotatable bonds is 2. The second kappa shape index (κ2) is 5.43. The number of halogens is 2. The van der Waals surface area contributed by atoms with Gasteiger partial charge in [-0.05, 0) is 54.7 Å². The van der Waals surface area contributed by atoms with Gasteiger partial charge < -0.3 is 5.11 Å². The molecule has 0 saturated carbocycles. The minimum absolute atomic E-state index is 0.207. The Morgan fingerprint density at radius 2 is 1.68 bits per heavy atom. The van der Waals surface area contributed by atoms with E-state index in [-0.39, 0.29) is 5.82 Å². The van der Waals surface area contributed by atoms with Crippen LogP contribution in [0.4, 0.5) is 4.39 Å². The van der Waals surface area contributed by atoms with Gasteiger partial charge in [0.05, 0.1) is 0 Å². The summed E-state index contributed by atoms with van der Waals surface area (Å²) in [5.41, 5.74) is 3.66. The van der Waals surface area contributed by atoms with Gasteiger partial charge in [0.15, 0.2) is 0 Å². The summed E-state index contributed by atoms with van der Waals surface area (Å²) in [6.45, 7) is 5.38. The van der Waals surface area contributed by atoms with Gasteiger partial charge in [-0.3, -0.25) is 0 Å². The van der Waals surface area contributed by atoms with Gasteiger partial charge in [0.2, 0.25) is 0 Å². The number of benzene rings is 2. The second-order valence-corrected chi connectivity index (χ2v) is 5.68. The van der Waals surface area contributed by atoms with Crippen molar-refractivity contribution in [3.8, 4) is 0 Å². The number of aryl methyl sites for hydroxylation is 2. The molecule has 0 amide bonds. The molecule has 100 valence electrons. The fourth-order valence-corrected chi connectivity index (χ4v) is 2.62. The van der Waals surface area contributed by atoms with Gasteiger partial charge in [0.1, 0.15) is 11.9 Å². The normalized spacial score (nSPS) is 12.5. The number of aliphatic hydroxyl groups is 1. The molecule has 2 aromatic carbocycles. The van der Waals surface area contributed by atoms with Crippen molar-refractivity contribution >= 4 is 15.9 Å². The second-order valence-electron chi connectivity index (χ2n) is 4.83. The Hall–Kier alpha value is -1.19. The Labute approximate surface area is 121 Å². The molecule has 0 bridgehead atoms. The molecular formula is C16H16BrFO. The summed E-state index contributed by atoms with van der Waals surface area (Å²) in [4.78, 5) is 0. The highest BCUT2D eigenvalue weighted by Crippen LogP contribution is 2.30. The molecule has 1 unspecified atom stereocenters. The molecule has 2 aromatic rings. The lowest BCUT2D eigenvalue weighted by Crippen LogP contribution is -2.04. The summed E-state index contributed by atoms with van der Waals surface area (Å²) in [5, 5.41) is 10.5. The first kappa shape index (κ1) is 14.2. The molecule has 19 heavy (non-hydrogen) atoms. The van der Waals surface area contributed by atoms with E-state index in [0.29, 0.717) is 11.1 Å². The summed E-state index contributed by atoms with van der Waals surface area (Å²) < 4.78 is 14.6. The van der Waals surface area contributed by atoms with Gasteiger partial charge >= 0.3 is 0 Å². The van der Waals surface area contributed by atoms with Crippen LogP contribution in [0.5, 0.6) is 0 Å². The van der Waals surface area contributed by atoms with Crippen LogP contribution in [0.2, 0.25) is 0 Å². The SMILES string of the molecule is Cc1cc(C(O)c2cccc(Br)c2C)cc(C)c1F. The van der Waals surface area contributed by atoms with Crippen LogP contribution < -0.4 is 0 Å². The van der Waals surface area contributed by atoms with Crippen molar-refractivity contribution < 1.29 is 9.50 Å². The Bertz CT molecular complexity index is 599. The van der Waals surface area contributed by atoms with Gasteiger partial charge in [0, 0.05) is 4.47 Å². The van der Waals surface area contributed by atoms with E-state index in [2.05, 4.69) is 15.9 Å². The fraction of sp³-hybridized carbons (Fsp3) is 0.250. The Morgan fingerprint density at radius 1 is 1.11 bits per heavy atom. The molecule has 0 heterocycles. The largest absolute Gasteiger partial charge is 0.384 e. The molecule has 1 N–H and O–H groups in total. The zero-order chi connectivity index (χ0) is 14.2. The van der Waals surface area contributed by atoms with E-state index in [1.165, 1.54) is 0 Å². The molecular weight excluding hydrogens is 307 g/mol. The first-order valence-corrected chi connectivity index (χ1v) is 6.91. The van der Waals surface area contributed by atoms with Crippen LogP contribution >= 0.6 is 15.9 Å². The lowest BCUT2D eigenvalue weighted by atomic mass is 9.95. The molecule has 3 heteroatoms. The van der Waals surface area contributed by atoms with Crippen LogP contribution in [0, 0.1) is 26.6 Å². The van der Waals surface area contributed by atoms with Gasteiger partial charge in [-0.25, -0.2) is 4.39 Å². The zero-order valence-electron chi connectivity index (χ0n) is 11.2. The van der Waals surface area contributed by atoms with Crippen molar-refractivity contribution in [2.75, 3.05) is 0 Å². The van der Waals surface area contributed by atoms with E-state index < -0.39 is 6.10 Å². The molecule has 0 radical (unpaired) electrons. The Kier molecular flexibility index (Phi) is 4.07. The zero-order valence-corrected chi connectivity index (χ0v) is 12.8. The van der Waals surface area contributed by atoms with Crippen molar-refractivity contribution in [3.05, 3.63) is 68.4 Å². The summed E-state index contributed by atoms with van der Waals surface area (Å²) >= 11 is 3.46. The minimum atomic E-state index is -0.740. The van der Waals surface area contributed by atoms with E-state index in [0.717, 1.165) is 21.2 Å². The first-order chi connectivity index (χ1) is 8.91. The van der Waals surface area contributed by atoms with E-state index in [4.69, 9.17) is 0 Å². The molecule has 0 fully saturated rings. The standard InChI is InChI=1S/C16H16BrFO/c1-9-7-12(8-10(2)15(9)18)16(19)13-5-4-6-14(17)11(13)3/h4-8,16,19H,1-3H3. The summed E-state index contributed by atoms with van der Waals surface area (Å²) in [7, 11) is 0. The van der Waals surface area contributed by atoms with Crippen LogP contribution in [-0.2, 0) is 0 Å². The average molecular weight is 323 g/mol. The molecule has 0 aliphatic rings. The average Bonchev–Trinajstić information content (AvgIpc) is 2.38. The predicted molar refractivity (Wildman–Crippen MR) is 78.8 cm³/mol. The van der Waals surface area contributed by atoms with Gasteiger partial charge in [-0.1, -0.05) is 40.2 Å². The topological polar surface area (TPSA) is 20.2 Å². The minimum Gasteiger partial charge on any atom is -0.384 e. The van der Waals surface area contributed by atoms with E-state index in [1.807, 2.05) is 25.1 Å². The van der Waals surface area contributed by atoms with Crippen LogP contribution in [0.1, 0.15) is 33.9 Å². The highest BCUT2D eigenvalue weighted by Gasteiger charge is 2.16. The van der Waals surface area contributed by atoms with Crippen molar-refractivity contribution in [2.45, 2.75) is 26.9 Å². The number of hydrogen-bond donors (Lipinski definition) is 1. The van der Waals surface area contributed by atoms with Gasteiger partial charge in [0.25, 0.3) is 0 Å². The van der Waals surface area contributed by atoms with Crippen LogP contribution in [0.3, 0.4) is 0 Å². The number of hydrogen-bond acceptors (Lipinski definition) is 1. The van der Waals surface area contributed by atoms with Crippen molar-refractivity contribution in [2.24, 2.45) is 0 Å². The Morgan fingerprint density at radius 3 is 2.26 bits per heavy atom.